The number of aryl methyl sites for hydroxylation is 1. The normalized spacial score (nSPS) is 13.8. The number of nitrogens with one attached hydrogen (secondary N) is 1. The van der Waals surface area contributed by atoms with E-state index in [1.54, 1.807) is 36.4 Å². The van der Waals surface area contributed by atoms with Crippen LogP contribution in [0.2, 0.25) is 0 Å². The van der Waals surface area contributed by atoms with Crippen LogP contribution in [0, 0.1) is 12.7 Å². The fourth-order valence-corrected chi connectivity index (χ4v) is 3.35. The number of anilines is 2. The number of nitrogens with zero attached hydrogens (tertiary/aromatic N) is 3. The lowest BCUT2D eigenvalue weighted by atomic mass is 10.1. The molecule has 1 unspecified atom stereocenters. The monoisotopic (exact) mass is 406 g/mol. The minimum absolute atomic E-state index is 0.0460. The highest BCUT2D eigenvalue weighted by Crippen LogP contribution is 2.33. The molecule has 1 aromatic heterocycles. The van der Waals surface area contributed by atoms with E-state index >= 15 is 0 Å². The number of hydrogen-bond acceptors (Lipinski definition) is 4. The maximum absolute atomic E-state index is 13.4. The number of amides is 1. The van der Waals surface area contributed by atoms with E-state index in [1.807, 2.05) is 35.8 Å². The van der Waals surface area contributed by atoms with Crippen molar-refractivity contribution in [1.29, 1.82) is 0 Å². The van der Waals surface area contributed by atoms with Crippen molar-refractivity contribution in [1.82, 2.24) is 14.5 Å². The Morgan fingerprint density at radius 1 is 1.17 bits per heavy atom. The second-order valence-electron chi connectivity index (χ2n) is 7.47. The number of carbonyl (C=O) groups excluding carboxylic acids is 1. The molecule has 1 amide bonds. The van der Waals surface area contributed by atoms with Gasteiger partial charge in [-0.05, 0) is 50.2 Å². The van der Waals surface area contributed by atoms with E-state index in [1.165, 1.54) is 12.1 Å². The number of aliphatic hydroxyl groups is 1. The summed E-state index contributed by atoms with van der Waals surface area (Å²) < 4.78 is 15.3. The number of aromatic nitrogens is 2. The lowest BCUT2D eigenvalue weighted by Crippen LogP contribution is -2.31. The zero-order valence-corrected chi connectivity index (χ0v) is 16.8. The first-order valence-electron chi connectivity index (χ1n) is 9.77. The molecule has 0 radical (unpaired) electrons. The van der Waals surface area contributed by atoms with Crippen LogP contribution in [0.3, 0.4) is 0 Å². The number of fused-ring (bicyclic) bond motifs is 1. The van der Waals surface area contributed by atoms with E-state index in [9.17, 15) is 14.3 Å². The summed E-state index contributed by atoms with van der Waals surface area (Å²) in [6, 6.07) is 14.2. The van der Waals surface area contributed by atoms with Crippen LogP contribution in [0.15, 0.2) is 54.7 Å². The summed E-state index contributed by atoms with van der Waals surface area (Å²) in [4.78, 5) is 18.6. The van der Waals surface area contributed by atoms with E-state index in [-0.39, 0.29) is 24.7 Å². The third-order valence-electron chi connectivity index (χ3n) is 4.91. The molecule has 7 heteroatoms. The molecule has 0 spiro atoms. The van der Waals surface area contributed by atoms with Gasteiger partial charge in [0.1, 0.15) is 23.2 Å². The Morgan fingerprint density at radius 3 is 2.53 bits per heavy atom. The van der Waals surface area contributed by atoms with Gasteiger partial charge in [0.05, 0.1) is 19.1 Å². The van der Waals surface area contributed by atoms with Gasteiger partial charge in [-0.3, -0.25) is 9.36 Å². The van der Waals surface area contributed by atoms with Crippen molar-refractivity contribution >= 4 is 23.6 Å². The van der Waals surface area contributed by atoms with Crippen molar-refractivity contribution in [3.8, 4) is 11.3 Å². The van der Waals surface area contributed by atoms with E-state index in [0.717, 1.165) is 22.6 Å². The van der Waals surface area contributed by atoms with Crippen LogP contribution in [0.4, 0.5) is 15.9 Å². The molecule has 154 valence electrons. The van der Waals surface area contributed by atoms with Crippen LogP contribution in [0.5, 0.6) is 0 Å². The highest BCUT2D eigenvalue weighted by molar-refractivity contribution is 5.81. The third kappa shape index (κ3) is 4.11. The fraction of sp³-hybridized carbons (Fsp3) is 0.217. The molecule has 30 heavy (non-hydrogen) atoms. The van der Waals surface area contributed by atoms with Gasteiger partial charge in [-0.15, -0.1) is 0 Å². The lowest BCUT2D eigenvalue weighted by molar-refractivity contribution is -0.131. The molecule has 0 aliphatic carbocycles. The number of aliphatic hydroxyl groups excluding tert-OH is 1. The van der Waals surface area contributed by atoms with Gasteiger partial charge in [-0.25, -0.2) is 9.37 Å². The first-order chi connectivity index (χ1) is 14.4. The van der Waals surface area contributed by atoms with Crippen LogP contribution in [0.1, 0.15) is 24.7 Å². The topological polar surface area (TPSA) is 70.4 Å². The fourth-order valence-electron chi connectivity index (χ4n) is 3.35. The van der Waals surface area contributed by atoms with E-state index < -0.39 is 6.10 Å². The molecule has 1 aliphatic rings. The van der Waals surface area contributed by atoms with Crippen molar-refractivity contribution in [3.05, 3.63) is 71.9 Å². The molecular formula is C23H23FN4O2. The van der Waals surface area contributed by atoms with Gasteiger partial charge in [-0.2, -0.15) is 0 Å². The average molecular weight is 406 g/mol. The molecule has 0 bridgehead atoms. The van der Waals surface area contributed by atoms with Crippen LogP contribution in [-0.2, 0) is 11.3 Å². The minimum Gasteiger partial charge on any atom is -0.393 e. The molecule has 1 atom stereocenters. The number of halogens is 1. The molecule has 0 saturated carbocycles. The predicted octanol–water partition coefficient (Wildman–Crippen LogP) is 4.28. The standard InChI is InChI=1S/C23H23FN4O2/c1-15-3-9-19(10-4-15)25-23-22(17-5-7-18(24)8-6-17)26-20-14-27(11-12-28(20)23)21(30)13-16(2)29/h3-12,16,25,29H,13-14H2,1-2H3. The highest BCUT2D eigenvalue weighted by Gasteiger charge is 2.24. The number of imidazole rings is 1. The van der Waals surface area contributed by atoms with Gasteiger partial charge < -0.3 is 15.3 Å². The summed E-state index contributed by atoms with van der Waals surface area (Å²) in [5.74, 6) is 0.919. The molecule has 0 saturated heterocycles. The summed E-state index contributed by atoms with van der Waals surface area (Å²) >= 11 is 0. The molecule has 6 nitrogen and oxygen atoms in total. The number of carbonyl (C=O) groups is 1. The minimum atomic E-state index is -0.707. The summed E-state index contributed by atoms with van der Waals surface area (Å²) in [6.07, 6.45) is 2.80. The van der Waals surface area contributed by atoms with Gasteiger partial charge >= 0.3 is 0 Å². The largest absolute Gasteiger partial charge is 0.393 e. The molecule has 2 heterocycles. The number of benzene rings is 2. The third-order valence-corrected chi connectivity index (χ3v) is 4.91. The van der Waals surface area contributed by atoms with Gasteiger partial charge in [0.2, 0.25) is 5.91 Å². The van der Waals surface area contributed by atoms with Crippen molar-refractivity contribution in [2.75, 3.05) is 5.32 Å². The van der Waals surface area contributed by atoms with Crippen molar-refractivity contribution in [3.63, 3.8) is 0 Å². The number of hydrogen-bond donors (Lipinski definition) is 2. The Balaban J connectivity index is 1.73. The van der Waals surface area contributed by atoms with Crippen LogP contribution in [-0.4, -0.2) is 31.6 Å². The highest BCUT2D eigenvalue weighted by atomic mass is 19.1. The zero-order chi connectivity index (χ0) is 21.3. The molecule has 4 rings (SSSR count). The van der Waals surface area contributed by atoms with Gasteiger partial charge in [0.15, 0.2) is 0 Å². The Hall–Kier alpha value is -3.45. The van der Waals surface area contributed by atoms with Crippen LogP contribution < -0.4 is 5.32 Å². The lowest BCUT2D eigenvalue weighted by Gasteiger charge is -2.23. The second-order valence-corrected chi connectivity index (χ2v) is 7.47. The molecule has 3 aromatic rings. The summed E-state index contributed by atoms with van der Waals surface area (Å²) in [5.41, 5.74) is 3.48. The average Bonchev–Trinajstić information content (AvgIpc) is 3.07. The van der Waals surface area contributed by atoms with Crippen LogP contribution in [0.25, 0.3) is 17.5 Å². The van der Waals surface area contributed by atoms with Crippen molar-refractivity contribution < 1.29 is 14.3 Å². The van der Waals surface area contributed by atoms with E-state index in [0.29, 0.717) is 11.5 Å². The van der Waals surface area contributed by atoms with Gasteiger partial charge in [-0.1, -0.05) is 17.7 Å². The smallest absolute Gasteiger partial charge is 0.229 e. The van der Waals surface area contributed by atoms with Crippen molar-refractivity contribution in [2.45, 2.75) is 32.9 Å². The number of rotatable bonds is 5. The molecule has 0 fully saturated rings. The molecule has 2 aromatic carbocycles. The van der Waals surface area contributed by atoms with Gasteiger partial charge in [0.25, 0.3) is 0 Å². The molecule has 1 aliphatic heterocycles. The SMILES string of the molecule is Cc1ccc(Nc2c(-c3ccc(F)cc3)nc3n2C=CN(C(=O)CC(C)O)C3)cc1. The van der Waals surface area contributed by atoms with Crippen LogP contribution >= 0.6 is 0 Å². The Labute approximate surface area is 174 Å². The zero-order valence-electron chi connectivity index (χ0n) is 16.8. The van der Waals surface area contributed by atoms with Crippen molar-refractivity contribution in [2.24, 2.45) is 0 Å². The Kier molecular flexibility index (Phi) is 5.37. The Morgan fingerprint density at radius 2 is 1.87 bits per heavy atom. The summed E-state index contributed by atoms with van der Waals surface area (Å²) in [5, 5.41) is 12.9. The predicted molar refractivity (Wildman–Crippen MR) is 114 cm³/mol. The van der Waals surface area contributed by atoms with E-state index in [2.05, 4.69) is 5.32 Å². The summed E-state index contributed by atoms with van der Waals surface area (Å²) in [7, 11) is 0. The second kappa shape index (κ2) is 8.12. The Bertz CT molecular complexity index is 1090. The molecular weight excluding hydrogens is 383 g/mol. The quantitative estimate of drug-likeness (QED) is 0.663. The molecule has 2 N–H and O–H groups in total. The van der Waals surface area contributed by atoms with E-state index in [4.69, 9.17) is 4.98 Å². The maximum Gasteiger partial charge on any atom is 0.229 e. The first kappa shape index (κ1) is 19.8. The summed E-state index contributed by atoms with van der Waals surface area (Å²) in [6.45, 7) is 3.89. The first-order valence-corrected chi connectivity index (χ1v) is 9.77. The van der Waals surface area contributed by atoms with Gasteiger partial charge in [0, 0.05) is 23.7 Å². The maximum atomic E-state index is 13.4.